The van der Waals surface area contributed by atoms with Crippen LogP contribution in [-0.4, -0.2) is 83.3 Å². The fourth-order valence-corrected chi connectivity index (χ4v) is 6.25. The van der Waals surface area contributed by atoms with Crippen LogP contribution in [0.2, 0.25) is 0 Å². The van der Waals surface area contributed by atoms with Crippen LogP contribution in [0.5, 0.6) is 0 Å². The first kappa shape index (κ1) is 18.8. The zero-order chi connectivity index (χ0) is 20.1. The van der Waals surface area contributed by atoms with Crippen LogP contribution in [0.25, 0.3) is 0 Å². The summed E-state index contributed by atoms with van der Waals surface area (Å²) < 4.78 is 4.46. The molecule has 4 aliphatic heterocycles. The molecule has 0 aliphatic carbocycles. The molecule has 0 aromatic carbocycles. The Balaban J connectivity index is 1.45. The molecule has 8 nitrogen and oxygen atoms in total. The van der Waals surface area contributed by atoms with Crippen LogP contribution in [0.1, 0.15) is 25.7 Å². The molecule has 3 saturated heterocycles. The van der Waals surface area contributed by atoms with Crippen molar-refractivity contribution < 1.29 is 9.59 Å². The number of nitrogens with zero attached hydrogens (tertiary/aromatic N) is 6. The second kappa shape index (κ2) is 7.27. The summed E-state index contributed by atoms with van der Waals surface area (Å²) in [7, 11) is 3.89. The van der Waals surface area contributed by atoms with E-state index in [2.05, 4.69) is 9.27 Å². The highest BCUT2D eigenvalue weighted by molar-refractivity contribution is 7.09. The van der Waals surface area contributed by atoms with Crippen LogP contribution in [0, 0.1) is 11.8 Å². The standard InChI is InChI=1S/C20H28N6O2S/c1-23(2)19-21-20(29-22-19)25-11-13-10-14(12-25)17(18(28)24-8-3-4-9-24)26-15(13)6-5-7-16(26)27/h3-4,13-15,17H,5-12H2,1-2H3/t13-,14+,15+,17-/m1/s1. The van der Waals surface area contributed by atoms with Gasteiger partial charge in [0.1, 0.15) is 6.04 Å². The van der Waals surface area contributed by atoms with Crippen LogP contribution >= 0.6 is 11.5 Å². The van der Waals surface area contributed by atoms with Gasteiger partial charge < -0.3 is 19.6 Å². The molecule has 2 amide bonds. The topological polar surface area (TPSA) is 72.9 Å². The Labute approximate surface area is 175 Å². The van der Waals surface area contributed by atoms with Crippen molar-refractivity contribution in [3.8, 4) is 0 Å². The third kappa shape index (κ3) is 3.19. The molecule has 3 fully saturated rings. The number of hydrogen-bond acceptors (Lipinski definition) is 7. The number of hydrogen-bond donors (Lipinski definition) is 0. The van der Waals surface area contributed by atoms with Gasteiger partial charge in [0.05, 0.1) is 0 Å². The van der Waals surface area contributed by atoms with Crippen molar-refractivity contribution in [1.29, 1.82) is 0 Å². The third-order valence-electron chi connectivity index (χ3n) is 6.80. The molecule has 2 bridgehead atoms. The fraction of sp³-hybridized carbons (Fsp3) is 0.700. The first-order valence-corrected chi connectivity index (χ1v) is 11.3. The highest BCUT2D eigenvalue weighted by Gasteiger charge is 2.53. The molecule has 4 atom stereocenters. The minimum Gasteiger partial charge on any atom is -0.346 e. The van der Waals surface area contributed by atoms with E-state index in [9.17, 15) is 9.59 Å². The number of amides is 2. The molecule has 156 valence electrons. The summed E-state index contributed by atoms with van der Waals surface area (Å²) in [6.45, 7) is 2.96. The molecule has 5 rings (SSSR count). The molecule has 1 aromatic heterocycles. The Morgan fingerprint density at radius 3 is 2.69 bits per heavy atom. The summed E-state index contributed by atoms with van der Waals surface area (Å²) in [5, 5.41) is 0.924. The zero-order valence-electron chi connectivity index (χ0n) is 17.0. The Morgan fingerprint density at radius 1 is 1.21 bits per heavy atom. The van der Waals surface area contributed by atoms with Crippen LogP contribution in [0.3, 0.4) is 0 Å². The zero-order valence-corrected chi connectivity index (χ0v) is 17.8. The van der Waals surface area contributed by atoms with Crippen LogP contribution < -0.4 is 9.80 Å². The van der Waals surface area contributed by atoms with Gasteiger partial charge in [-0.15, -0.1) is 0 Å². The monoisotopic (exact) mass is 416 g/mol. The number of fused-ring (bicyclic) bond motifs is 4. The smallest absolute Gasteiger partial charge is 0.246 e. The van der Waals surface area contributed by atoms with Gasteiger partial charge >= 0.3 is 0 Å². The first-order chi connectivity index (χ1) is 14.0. The maximum atomic E-state index is 13.5. The highest BCUT2D eigenvalue weighted by Crippen LogP contribution is 2.43. The van der Waals surface area contributed by atoms with Gasteiger partial charge in [-0.2, -0.15) is 9.36 Å². The lowest BCUT2D eigenvalue weighted by atomic mass is 9.71. The number of carbonyl (C=O) groups excluding carboxylic acids is 2. The van der Waals surface area contributed by atoms with Gasteiger partial charge in [-0.1, -0.05) is 12.2 Å². The second-order valence-corrected chi connectivity index (χ2v) is 9.58. The molecule has 29 heavy (non-hydrogen) atoms. The molecular formula is C20H28N6O2S. The maximum Gasteiger partial charge on any atom is 0.246 e. The number of aromatic nitrogens is 2. The van der Waals surface area contributed by atoms with Crippen molar-refractivity contribution in [3.05, 3.63) is 12.2 Å². The van der Waals surface area contributed by atoms with E-state index in [1.165, 1.54) is 11.5 Å². The predicted molar refractivity (Wildman–Crippen MR) is 112 cm³/mol. The Kier molecular flexibility index (Phi) is 4.72. The minimum atomic E-state index is -0.340. The number of carbonyl (C=O) groups is 2. The van der Waals surface area contributed by atoms with E-state index in [-0.39, 0.29) is 29.8 Å². The average molecular weight is 417 g/mol. The molecule has 5 heterocycles. The normalized spacial score (nSPS) is 31.2. The van der Waals surface area contributed by atoms with Gasteiger partial charge in [0.25, 0.3) is 0 Å². The molecule has 0 saturated carbocycles. The van der Waals surface area contributed by atoms with Gasteiger partial charge in [-0.25, -0.2) is 0 Å². The van der Waals surface area contributed by atoms with E-state index in [4.69, 9.17) is 4.98 Å². The van der Waals surface area contributed by atoms with Crippen LogP contribution in [0.4, 0.5) is 11.1 Å². The van der Waals surface area contributed by atoms with Crippen molar-refractivity contribution in [2.24, 2.45) is 11.8 Å². The van der Waals surface area contributed by atoms with E-state index in [1.54, 1.807) is 0 Å². The lowest BCUT2D eigenvalue weighted by molar-refractivity contribution is -0.160. The lowest BCUT2D eigenvalue weighted by Crippen LogP contribution is -2.68. The molecule has 1 aromatic rings. The van der Waals surface area contributed by atoms with Gasteiger partial charge in [0.2, 0.25) is 22.9 Å². The third-order valence-corrected chi connectivity index (χ3v) is 7.57. The van der Waals surface area contributed by atoms with Gasteiger partial charge in [0.15, 0.2) is 0 Å². The summed E-state index contributed by atoms with van der Waals surface area (Å²) in [6, 6.07) is -0.172. The average Bonchev–Trinajstić information content (AvgIpc) is 3.41. The van der Waals surface area contributed by atoms with Crippen molar-refractivity contribution in [2.45, 2.75) is 37.8 Å². The van der Waals surface area contributed by atoms with Crippen molar-refractivity contribution >= 4 is 34.4 Å². The van der Waals surface area contributed by atoms with E-state index >= 15 is 0 Å². The molecule has 0 unspecified atom stereocenters. The van der Waals surface area contributed by atoms with Gasteiger partial charge in [-0.05, 0) is 25.2 Å². The van der Waals surface area contributed by atoms with E-state index in [1.807, 2.05) is 40.9 Å². The fourth-order valence-electron chi connectivity index (χ4n) is 5.49. The maximum absolute atomic E-state index is 13.5. The van der Waals surface area contributed by atoms with Crippen LogP contribution in [-0.2, 0) is 9.59 Å². The Morgan fingerprint density at radius 2 is 1.97 bits per heavy atom. The molecule has 4 aliphatic rings. The molecule has 0 N–H and O–H groups in total. The summed E-state index contributed by atoms with van der Waals surface area (Å²) >= 11 is 1.43. The summed E-state index contributed by atoms with van der Waals surface area (Å²) in [5.74, 6) is 1.55. The van der Waals surface area contributed by atoms with E-state index in [0.29, 0.717) is 25.4 Å². The molecule has 9 heteroatoms. The summed E-state index contributed by atoms with van der Waals surface area (Å²) in [5.41, 5.74) is 0. The second-order valence-electron chi connectivity index (χ2n) is 8.85. The molecule has 0 spiro atoms. The van der Waals surface area contributed by atoms with Crippen molar-refractivity contribution in [2.75, 3.05) is 50.1 Å². The molecular weight excluding hydrogens is 388 g/mol. The summed E-state index contributed by atoms with van der Waals surface area (Å²) in [4.78, 5) is 39.2. The van der Waals surface area contributed by atoms with Gasteiger partial charge in [0, 0.05) is 70.2 Å². The Bertz CT molecular complexity index is 831. The molecule has 0 radical (unpaired) electrons. The number of anilines is 2. The lowest BCUT2D eigenvalue weighted by Gasteiger charge is -2.56. The van der Waals surface area contributed by atoms with Crippen LogP contribution in [0.15, 0.2) is 12.2 Å². The SMILES string of the molecule is CN(C)c1nsc(N2C[C@H]3C[C@@H](C2)[C@H](C(=O)N2CC=CC2)N2C(=O)CCC[C@@H]32)n1. The largest absolute Gasteiger partial charge is 0.346 e. The first-order valence-electron chi connectivity index (χ1n) is 10.5. The number of piperidine rings is 3. The van der Waals surface area contributed by atoms with Gasteiger partial charge in [-0.3, -0.25) is 9.59 Å². The number of rotatable bonds is 3. The summed E-state index contributed by atoms with van der Waals surface area (Å²) in [6.07, 6.45) is 7.59. The quantitative estimate of drug-likeness (QED) is 0.690. The predicted octanol–water partition coefficient (Wildman–Crippen LogP) is 1.21. The van der Waals surface area contributed by atoms with E-state index < -0.39 is 0 Å². The highest BCUT2D eigenvalue weighted by atomic mass is 32.1. The minimum absolute atomic E-state index is 0.117. The van der Waals surface area contributed by atoms with E-state index in [0.717, 1.165) is 43.4 Å². The Hall–Kier alpha value is -2.16. The van der Waals surface area contributed by atoms with Crippen molar-refractivity contribution in [1.82, 2.24) is 19.2 Å². The van der Waals surface area contributed by atoms with Crippen molar-refractivity contribution in [3.63, 3.8) is 0 Å².